The van der Waals surface area contributed by atoms with E-state index >= 15 is 0 Å². The van der Waals surface area contributed by atoms with E-state index in [1.807, 2.05) is 6.08 Å². The lowest BCUT2D eigenvalue weighted by atomic mass is 9.99. The van der Waals surface area contributed by atoms with Gasteiger partial charge in [0.25, 0.3) is 0 Å². The van der Waals surface area contributed by atoms with Crippen molar-refractivity contribution >= 4 is 11.8 Å². The van der Waals surface area contributed by atoms with Crippen LogP contribution in [0, 0.1) is 0 Å². The molecular formula is C13H17N. The van der Waals surface area contributed by atoms with E-state index in [0.717, 1.165) is 6.54 Å². The number of benzene rings is 1. The molecule has 1 aliphatic heterocycles. The standard InChI is InChI=1S/C13H17N/c1-3-11-7-8-13-12(10-11)6-5-9-14(13)4-2/h3,7-8,10H,1,4-6,9H2,2H3. The van der Waals surface area contributed by atoms with E-state index < -0.39 is 0 Å². The first kappa shape index (κ1) is 9.32. The van der Waals surface area contributed by atoms with Crippen molar-refractivity contribution in [1.29, 1.82) is 0 Å². The van der Waals surface area contributed by atoms with Gasteiger partial charge in [-0.3, -0.25) is 0 Å². The monoisotopic (exact) mass is 187 g/mol. The molecule has 0 saturated carbocycles. The van der Waals surface area contributed by atoms with Gasteiger partial charge in [-0.05, 0) is 43.0 Å². The van der Waals surface area contributed by atoms with Crippen molar-refractivity contribution in [2.45, 2.75) is 19.8 Å². The predicted molar refractivity (Wildman–Crippen MR) is 62.7 cm³/mol. The maximum absolute atomic E-state index is 3.81. The van der Waals surface area contributed by atoms with Gasteiger partial charge in [-0.15, -0.1) is 0 Å². The van der Waals surface area contributed by atoms with Gasteiger partial charge < -0.3 is 4.90 Å². The summed E-state index contributed by atoms with van der Waals surface area (Å²) in [7, 11) is 0. The second-order valence-corrected chi connectivity index (χ2v) is 3.78. The Labute approximate surface area is 86.1 Å². The molecule has 0 aromatic heterocycles. The van der Waals surface area contributed by atoms with Crippen LogP contribution in [0.1, 0.15) is 24.5 Å². The van der Waals surface area contributed by atoms with Gasteiger partial charge >= 0.3 is 0 Å². The summed E-state index contributed by atoms with van der Waals surface area (Å²) in [5.41, 5.74) is 4.14. The van der Waals surface area contributed by atoms with E-state index in [1.165, 1.54) is 36.2 Å². The van der Waals surface area contributed by atoms with Gasteiger partial charge in [-0.25, -0.2) is 0 Å². The van der Waals surface area contributed by atoms with Crippen LogP contribution in [0.15, 0.2) is 24.8 Å². The van der Waals surface area contributed by atoms with E-state index in [-0.39, 0.29) is 0 Å². The molecule has 1 nitrogen and oxygen atoms in total. The second kappa shape index (κ2) is 3.87. The molecule has 0 fully saturated rings. The molecule has 0 radical (unpaired) electrons. The fourth-order valence-electron chi connectivity index (χ4n) is 2.15. The van der Waals surface area contributed by atoms with Gasteiger partial charge in [0.2, 0.25) is 0 Å². The van der Waals surface area contributed by atoms with Crippen LogP contribution in [0.3, 0.4) is 0 Å². The molecule has 2 rings (SSSR count). The van der Waals surface area contributed by atoms with Crippen LogP contribution in [0.2, 0.25) is 0 Å². The second-order valence-electron chi connectivity index (χ2n) is 3.78. The first-order valence-electron chi connectivity index (χ1n) is 5.35. The normalized spacial score (nSPS) is 15.1. The van der Waals surface area contributed by atoms with Gasteiger partial charge in [0, 0.05) is 18.8 Å². The lowest BCUT2D eigenvalue weighted by Gasteiger charge is -2.30. The van der Waals surface area contributed by atoms with Gasteiger partial charge in [-0.1, -0.05) is 18.7 Å². The fraction of sp³-hybridized carbons (Fsp3) is 0.385. The average Bonchev–Trinajstić information content (AvgIpc) is 2.27. The predicted octanol–water partition coefficient (Wildman–Crippen LogP) is 3.10. The summed E-state index contributed by atoms with van der Waals surface area (Å²) in [5, 5.41) is 0. The number of fused-ring (bicyclic) bond motifs is 1. The molecule has 0 atom stereocenters. The highest BCUT2D eigenvalue weighted by Crippen LogP contribution is 2.27. The molecule has 1 heterocycles. The Morgan fingerprint density at radius 3 is 3.07 bits per heavy atom. The fourth-order valence-corrected chi connectivity index (χ4v) is 2.15. The highest BCUT2D eigenvalue weighted by molar-refractivity contribution is 5.61. The van der Waals surface area contributed by atoms with Gasteiger partial charge in [0.05, 0.1) is 0 Å². The zero-order valence-corrected chi connectivity index (χ0v) is 8.79. The zero-order valence-electron chi connectivity index (χ0n) is 8.79. The number of rotatable bonds is 2. The van der Waals surface area contributed by atoms with Gasteiger partial charge in [0.15, 0.2) is 0 Å². The number of anilines is 1. The minimum Gasteiger partial charge on any atom is -0.372 e. The van der Waals surface area contributed by atoms with Gasteiger partial charge in [0.1, 0.15) is 0 Å². The molecule has 0 amide bonds. The summed E-state index contributed by atoms with van der Waals surface area (Å²) in [6.45, 7) is 8.34. The molecule has 74 valence electrons. The Bertz CT molecular complexity index is 341. The van der Waals surface area contributed by atoms with Crippen LogP contribution in [0.25, 0.3) is 6.08 Å². The van der Waals surface area contributed by atoms with Crippen molar-refractivity contribution in [3.8, 4) is 0 Å². The molecule has 14 heavy (non-hydrogen) atoms. The summed E-state index contributed by atoms with van der Waals surface area (Å²) >= 11 is 0. The largest absolute Gasteiger partial charge is 0.372 e. The smallest absolute Gasteiger partial charge is 0.0399 e. The lowest BCUT2D eigenvalue weighted by molar-refractivity contribution is 0.707. The number of aryl methyl sites for hydroxylation is 1. The molecule has 1 aromatic rings. The summed E-state index contributed by atoms with van der Waals surface area (Å²) in [6, 6.07) is 6.65. The van der Waals surface area contributed by atoms with E-state index in [1.54, 1.807) is 0 Å². The Morgan fingerprint density at radius 2 is 2.36 bits per heavy atom. The molecule has 0 unspecified atom stereocenters. The van der Waals surface area contributed by atoms with Crippen LogP contribution in [0.4, 0.5) is 5.69 Å². The molecule has 1 aliphatic rings. The maximum atomic E-state index is 3.81. The number of nitrogens with zero attached hydrogens (tertiary/aromatic N) is 1. The highest BCUT2D eigenvalue weighted by atomic mass is 15.1. The summed E-state index contributed by atoms with van der Waals surface area (Å²) < 4.78 is 0. The Morgan fingerprint density at radius 1 is 1.50 bits per heavy atom. The lowest BCUT2D eigenvalue weighted by Crippen LogP contribution is -2.28. The van der Waals surface area contributed by atoms with Crippen molar-refractivity contribution in [2.75, 3.05) is 18.0 Å². The molecule has 0 N–H and O–H groups in total. The molecular weight excluding hydrogens is 170 g/mol. The number of hydrogen-bond acceptors (Lipinski definition) is 1. The Kier molecular flexibility index (Phi) is 2.58. The third-order valence-corrected chi connectivity index (χ3v) is 2.94. The van der Waals surface area contributed by atoms with E-state index in [2.05, 4.69) is 36.6 Å². The SMILES string of the molecule is C=Cc1ccc2c(c1)CCCN2CC. The summed E-state index contributed by atoms with van der Waals surface area (Å²) in [6.07, 6.45) is 4.42. The van der Waals surface area contributed by atoms with E-state index in [4.69, 9.17) is 0 Å². The zero-order chi connectivity index (χ0) is 9.97. The molecule has 0 bridgehead atoms. The minimum atomic E-state index is 1.11. The summed E-state index contributed by atoms with van der Waals surface area (Å²) in [4.78, 5) is 2.45. The first-order chi connectivity index (χ1) is 6.85. The maximum Gasteiger partial charge on any atom is 0.0399 e. The third kappa shape index (κ3) is 1.54. The van der Waals surface area contributed by atoms with E-state index in [9.17, 15) is 0 Å². The van der Waals surface area contributed by atoms with Crippen molar-refractivity contribution in [3.05, 3.63) is 35.9 Å². The van der Waals surface area contributed by atoms with Crippen LogP contribution in [-0.2, 0) is 6.42 Å². The highest BCUT2D eigenvalue weighted by Gasteiger charge is 2.14. The molecule has 1 heteroatoms. The average molecular weight is 187 g/mol. The third-order valence-electron chi connectivity index (χ3n) is 2.94. The first-order valence-corrected chi connectivity index (χ1v) is 5.35. The van der Waals surface area contributed by atoms with Crippen molar-refractivity contribution in [2.24, 2.45) is 0 Å². The molecule has 0 saturated heterocycles. The van der Waals surface area contributed by atoms with Crippen LogP contribution < -0.4 is 4.90 Å². The number of hydrogen-bond donors (Lipinski definition) is 0. The van der Waals surface area contributed by atoms with E-state index in [0.29, 0.717) is 0 Å². The van der Waals surface area contributed by atoms with Crippen molar-refractivity contribution in [3.63, 3.8) is 0 Å². The van der Waals surface area contributed by atoms with Gasteiger partial charge in [-0.2, -0.15) is 0 Å². The summed E-state index contributed by atoms with van der Waals surface area (Å²) in [5.74, 6) is 0. The minimum absolute atomic E-state index is 1.11. The Balaban J connectivity index is 2.40. The molecule has 0 spiro atoms. The Hall–Kier alpha value is -1.24. The molecule has 0 aliphatic carbocycles. The van der Waals surface area contributed by atoms with Crippen molar-refractivity contribution in [1.82, 2.24) is 0 Å². The van der Waals surface area contributed by atoms with Crippen molar-refractivity contribution < 1.29 is 0 Å². The van der Waals surface area contributed by atoms with Crippen LogP contribution in [-0.4, -0.2) is 13.1 Å². The molecule has 1 aromatic carbocycles. The van der Waals surface area contributed by atoms with Crippen LogP contribution >= 0.6 is 0 Å². The topological polar surface area (TPSA) is 3.24 Å². The van der Waals surface area contributed by atoms with Crippen LogP contribution in [0.5, 0.6) is 0 Å². The quantitative estimate of drug-likeness (QED) is 0.687.